The number of ether oxygens (including phenoxy) is 1. The Bertz CT molecular complexity index is 6240. The molecule has 6 heterocycles. The standard InChI is InChI=1S/C48H29NO2.C48H29NS2/c1-3-13-30(14-4-1)33-28-42(31-15-5-2-6-16-31)49-43(29-33)32-23-26-44-37(27-32)36-24-25-41-47(46(36)50-44)51-45-22-12-11-21-40(45)48(41)38-19-9-7-17-34(38)35-18-8-10-20-39(35)48;1-3-14-30(15-4-1)32-28-42(31-16-5-2-6-17-31)49-43(29-32)37-21-13-20-35-36-26-27-41-47(46(36)51-45(35)37)50-44-25-12-11-24-40(44)48(41)38-22-9-7-18-33(38)34-19-8-10-23-39(34)48/h2*1-29H. The molecule has 4 nitrogen and oxygen atoms in total. The molecule has 0 amide bonds. The minimum absolute atomic E-state index is 0.381. The Hall–Kier alpha value is -12.5. The molecular weight excluding hydrogens is 1280 g/mol. The Morgan fingerprint density at radius 1 is 0.265 bits per heavy atom. The third-order valence-electron chi connectivity index (χ3n) is 21.5. The summed E-state index contributed by atoms with van der Waals surface area (Å²) in [5.41, 5.74) is 28.9. The number of pyridine rings is 2. The Kier molecular flexibility index (Phi) is 13.2. The number of benzene rings is 14. The van der Waals surface area contributed by atoms with Gasteiger partial charge in [0.25, 0.3) is 0 Å². The van der Waals surface area contributed by atoms with E-state index in [1.54, 1.807) is 0 Å². The number of rotatable bonds is 6. The monoisotopic (exact) mass is 1330 g/mol. The van der Waals surface area contributed by atoms with Gasteiger partial charge in [-0.3, -0.25) is 0 Å². The molecule has 2 aliphatic carbocycles. The van der Waals surface area contributed by atoms with Crippen LogP contribution in [-0.2, 0) is 10.8 Å². The second-order valence-corrected chi connectivity index (χ2v) is 28.9. The zero-order chi connectivity index (χ0) is 67.0. The SMILES string of the molecule is c1ccc(-c2cc(-c3ccccc3)nc(-c3ccc4oc5c6c(ccc5c4c3)C3(c4ccccc4O6)c4ccccc4-c4ccccc43)c2)cc1.c1ccc(-c2cc(-c3ccccc3)nc(-c3cccc4c3sc3c5c(ccc34)C3(c4ccccc4S5)c4ccccc4-c4ccccc43)c2)cc1. The van der Waals surface area contributed by atoms with E-state index in [-0.39, 0.29) is 5.41 Å². The van der Waals surface area contributed by atoms with Gasteiger partial charge in [0.1, 0.15) is 11.3 Å². The van der Waals surface area contributed by atoms with Crippen LogP contribution in [0.2, 0.25) is 0 Å². The Labute approximate surface area is 598 Å². The molecule has 0 bridgehead atoms. The molecule has 2 aliphatic heterocycles. The number of hydrogen-bond donors (Lipinski definition) is 0. The molecule has 0 saturated heterocycles. The highest BCUT2D eigenvalue weighted by atomic mass is 32.2. The summed E-state index contributed by atoms with van der Waals surface area (Å²) < 4.78 is 16.3. The summed E-state index contributed by atoms with van der Waals surface area (Å²) in [5, 5.41) is 4.63. The first-order valence-corrected chi connectivity index (χ1v) is 36.4. The molecule has 2 spiro atoms. The van der Waals surface area contributed by atoms with Crippen molar-refractivity contribution in [2.75, 3.05) is 0 Å². The summed E-state index contributed by atoms with van der Waals surface area (Å²) in [6.07, 6.45) is 0. The highest BCUT2D eigenvalue weighted by molar-refractivity contribution is 8.00. The van der Waals surface area contributed by atoms with Crippen LogP contribution in [0.4, 0.5) is 0 Å². The number of nitrogens with zero attached hydrogens (tertiary/aromatic N) is 2. The number of hydrogen-bond acceptors (Lipinski definition) is 6. The first-order valence-electron chi connectivity index (χ1n) is 34.7. The topological polar surface area (TPSA) is 48.2 Å². The van der Waals surface area contributed by atoms with E-state index in [4.69, 9.17) is 19.1 Å². The molecule has 0 saturated carbocycles. The highest BCUT2D eigenvalue weighted by Crippen LogP contribution is 2.66. The average molecular weight is 1340 g/mol. The van der Waals surface area contributed by atoms with Gasteiger partial charge in [0.05, 0.1) is 33.6 Å². The lowest BCUT2D eigenvalue weighted by atomic mass is 9.66. The summed E-state index contributed by atoms with van der Waals surface area (Å²) in [5.74, 6) is 1.62. The van der Waals surface area contributed by atoms with Gasteiger partial charge in [-0.1, -0.05) is 303 Å². The smallest absolute Gasteiger partial charge is 0.178 e. The number of para-hydroxylation sites is 1. The van der Waals surface area contributed by atoms with Crippen molar-refractivity contribution < 1.29 is 9.15 Å². The van der Waals surface area contributed by atoms with E-state index in [1.807, 2.05) is 29.2 Å². The van der Waals surface area contributed by atoms with Crippen molar-refractivity contribution in [3.8, 4) is 101 Å². The van der Waals surface area contributed by atoms with Crippen molar-refractivity contribution >= 4 is 65.2 Å². The Balaban J connectivity index is 0.000000133. The van der Waals surface area contributed by atoms with Crippen LogP contribution in [0.5, 0.6) is 11.5 Å². The van der Waals surface area contributed by atoms with Gasteiger partial charge in [0, 0.05) is 74.1 Å². The zero-order valence-corrected chi connectivity index (χ0v) is 56.6. The van der Waals surface area contributed by atoms with Crippen LogP contribution >= 0.6 is 23.1 Å². The number of aromatic nitrogens is 2. The van der Waals surface area contributed by atoms with E-state index in [0.29, 0.717) is 0 Å². The van der Waals surface area contributed by atoms with Crippen molar-refractivity contribution in [2.24, 2.45) is 0 Å². The third kappa shape index (κ3) is 8.70. The van der Waals surface area contributed by atoms with Crippen molar-refractivity contribution in [1.82, 2.24) is 9.97 Å². The molecule has 6 heteroatoms. The van der Waals surface area contributed by atoms with Crippen LogP contribution in [0.15, 0.2) is 366 Å². The minimum atomic E-state index is -0.536. The lowest BCUT2D eigenvalue weighted by Crippen LogP contribution is -2.32. The molecule has 0 atom stereocenters. The Morgan fingerprint density at radius 3 is 1.29 bits per heavy atom. The van der Waals surface area contributed by atoms with Crippen molar-refractivity contribution in [3.05, 3.63) is 396 Å². The summed E-state index contributed by atoms with van der Waals surface area (Å²) in [4.78, 5) is 13.2. The van der Waals surface area contributed by atoms with E-state index < -0.39 is 5.41 Å². The maximum atomic E-state index is 6.88. The minimum Gasteiger partial charge on any atom is -0.453 e. The van der Waals surface area contributed by atoms with E-state index in [1.165, 1.54) is 102 Å². The van der Waals surface area contributed by atoms with E-state index in [2.05, 4.69) is 346 Å². The van der Waals surface area contributed by atoms with E-state index in [9.17, 15) is 0 Å². The largest absolute Gasteiger partial charge is 0.453 e. The van der Waals surface area contributed by atoms with Gasteiger partial charge in [-0.2, -0.15) is 0 Å². The molecule has 476 valence electrons. The fourth-order valence-corrected chi connectivity index (χ4v) is 19.9. The van der Waals surface area contributed by atoms with Gasteiger partial charge in [0.2, 0.25) is 0 Å². The van der Waals surface area contributed by atoms with E-state index >= 15 is 0 Å². The van der Waals surface area contributed by atoms with Crippen LogP contribution in [0.1, 0.15) is 44.5 Å². The lowest BCUT2D eigenvalue weighted by molar-refractivity contribution is 0.432. The van der Waals surface area contributed by atoms with Gasteiger partial charge >= 0.3 is 0 Å². The molecule has 18 aromatic rings. The van der Waals surface area contributed by atoms with Crippen LogP contribution in [0, 0.1) is 0 Å². The lowest BCUT2D eigenvalue weighted by Gasteiger charge is -2.39. The predicted molar refractivity (Wildman–Crippen MR) is 420 cm³/mol. The van der Waals surface area contributed by atoms with Crippen molar-refractivity contribution in [2.45, 2.75) is 20.6 Å². The summed E-state index contributed by atoms with van der Waals surface area (Å²) in [6.45, 7) is 0. The van der Waals surface area contributed by atoms with Gasteiger partial charge < -0.3 is 9.15 Å². The summed E-state index contributed by atoms with van der Waals surface area (Å²) in [6, 6.07) is 127. The number of furan rings is 1. The molecule has 0 unspecified atom stereocenters. The maximum Gasteiger partial charge on any atom is 0.178 e. The Morgan fingerprint density at radius 2 is 0.706 bits per heavy atom. The first kappa shape index (κ1) is 58.5. The molecule has 102 heavy (non-hydrogen) atoms. The summed E-state index contributed by atoms with van der Waals surface area (Å²) in [7, 11) is 0. The zero-order valence-electron chi connectivity index (χ0n) is 55.0. The molecule has 4 aromatic heterocycles. The quantitative estimate of drug-likeness (QED) is 0.166. The first-order chi connectivity index (χ1) is 50.6. The van der Waals surface area contributed by atoms with Gasteiger partial charge in [-0.05, 0) is 139 Å². The highest BCUT2D eigenvalue weighted by Gasteiger charge is 2.53. The molecule has 22 rings (SSSR count). The molecule has 0 N–H and O–H groups in total. The van der Waals surface area contributed by atoms with Crippen molar-refractivity contribution in [1.29, 1.82) is 0 Å². The third-order valence-corrected chi connectivity index (χ3v) is 24.1. The molecule has 0 fully saturated rings. The molecule has 14 aromatic carbocycles. The molecular formula is C96H58N2O2S2. The predicted octanol–water partition coefficient (Wildman–Crippen LogP) is 25.7. The van der Waals surface area contributed by atoms with Crippen LogP contribution in [0.25, 0.3) is 132 Å². The fourth-order valence-electron chi connectivity index (χ4n) is 17.1. The second kappa shape index (κ2) is 23.1. The molecule has 0 radical (unpaired) electrons. The van der Waals surface area contributed by atoms with Gasteiger partial charge in [-0.25, -0.2) is 9.97 Å². The molecule has 4 aliphatic rings. The van der Waals surface area contributed by atoms with E-state index in [0.717, 1.165) is 95.2 Å². The van der Waals surface area contributed by atoms with Crippen LogP contribution in [-0.4, -0.2) is 9.97 Å². The average Bonchev–Trinajstić information content (AvgIpc) is 1.09. The second-order valence-electron chi connectivity index (χ2n) is 26.8. The van der Waals surface area contributed by atoms with Gasteiger partial charge in [0.15, 0.2) is 11.3 Å². The van der Waals surface area contributed by atoms with Gasteiger partial charge in [-0.15, -0.1) is 11.3 Å². The fraction of sp³-hybridized carbons (Fsp3) is 0.0208. The van der Waals surface area contributed by atoms with Crippen LogP contribution < -0.4 is 4.74 Å². The number of thiophene rings is 1. The van der Waals surface area contributed by atoms with Crippen LogP contribution in [0.3, 0.4) is 0 Å². The normalized spacial score (nSPS) is 13.5. The summed E-state index contributed by atoms with van der Waals surface area (Å²) >= 11 is 3.85. The number of fused-ring (bicyclic) bond motifs is 26. The van der Waals surface area contributed by atoms with Crippen molar-refractivity contribution in [3.63, 3.8) is 0 Å². The maximum absolute atomic E-state index is 6.88.